The van der Waals surface area contributed by atoms with Crippen LogP contribution in [0.15, 0.2) is 47.1 Å². The van der Waals surface area contributed by atoms with Crippen LogP contribution in [0.1, 0.15) is 33.0 Å². The van der Waals surface area contributed by atoms with Crippen LogP contribution in [0.4, 0.5) is 0 Å². The summed E-state index contributed by atoms with van der Waals surface area (Å²) < 4.78 is 13.0. The van der Waals surface area contributed by atoms with Crippen molar-refractivity contribution in [1.29, 1.82) is 0 Å². The maximum atomic E-state index is 12.1. The van der Waals surface area contributed by atoms with Gasteiger partial charge in [-0.25, -0.2) is 0 Å². The molecule has 3 rings (SSSR count). The Morgan fingerprint density at radius 3 is 2.80 bits per heavy atom. The quantitative estimate of drug-likeness (QED) is 0.749. The summed E-state index contributed by atoms with van der Waals surface area (Å²) in [6.07, 6.45) is 3.57. The molecule has 1 N–H and O–H groups in total. The molecule has 3 aromatic rings. The third kappa shape index (κ3) is 4.29. The van der Waals surface area contributed by atoms with Crippen molar-refractivity contribution in [2.24, 2.45) is 7.05 Å². The summed E-state index contributed by atoms with van der Waals surface area (Å²) in [5, 5.41) is 6.86. The van der Waals surface area contributed by atoms with Crippen molar-refractivity contribution in [2.45, 2.75) is 27.0 Å². The second kappa shape index (κ2) is 7.25. The minimum absolute atomic E-state index is 0.263. The van der Waals surface area contributed by atoms with Crippen molar-refractivity contribution >= 4 is 5.91 Å². The zero-order valence-electron chi connectivity index (χ0n) is 14.6. The molecule has 6 nitrogen and oxygen atoms in total. The van der Waals surface area contributed by atoms with Crippen molar-refractivity contribution in [3.63, 3.8) is 0 Å². The van der Waals surface area contributed by atoms with Crippen molar-refractivity contribution in [3.8, 4) is 5.75 Å². The standard InChI is InChI=1S/C19H21N3O3/c1-13-4-5-16(8-14(13)2)24-12-17-6-7-18(25-17)19(23)20-9-15-10-21-22(3)11-15/h4-8,10-11H,9,12H2,1-3H3,(H,20,23). The largest absolute Gasteiger partial charge is 0.486 e. The van der Waals surface area contributed by atoms with E-state index in [0.717, 1.165) is 11.3 Å². The van der Waals surface area contributed by atoms with Crippen LogP contribution in [0.5, 0.6) is 5.75 Å². The molecular weight excluding hydrogens is 318 g/mol. The van der Waals surface area contributed by atoms with Gasteiger partial charge in [0, 0.05) is 25.4 Å². The average Bonchev–Trinajstić information content (AvgIpc) is 3.23. The summed E-state index contributed by atoms with van der Waals surface area (Å²) in [5.41, 5.74) is 3.33. The zero-order valence-corrected chi connectivity index (χ0v) is 14.6. The van der Waals surface area contributed by atoms with Gasteiger partial charge in [-0.1, -0.05) is 6.07 Å². The molecule has 1 aromatic carbocycles. The summed E-state index contributed by atoms with van der Waals surface area (Å²) in [7, 11) is 1.83. The van der Waals surface area contributed by atoms with E-state index in [9.17, 15) is 4.79 Å². The van der Waals surface area contributed by atoms with Gasteiger partial charge in [-0.15, -0.1) is 0 Å². The molecule has 0 saturated carbocycles. The lowest BCUT2D eigenvalue weighted by Crippen LogP contribution is -2.22. The molecule has 0 bridgehead atoms. The summed E-state index contributed by atoms with van der Waals surface area (Å²) in [4.78, 5) is 12.1. The van der Waals surface area contributed by atoms with Crippen molar-refractivity contribution in [3.05, 3.63) is 70.9 Å². The first kappa shape index (κ1) is 16.8. The van der Waals surface area contributed by atoms with Gasteiger partial charge in [0.15, 0.2) is 5.76 Å². The first-order valence-electron chi connectivity index (χ1n) is 8.06. The minimum atomic E-state index is -0.263. The fraction of sp³-hybridized carbons (Fsp3) is 0.263. The number of benzene rings is 1. The van der Waals surface area contributed by atoms with E-state index in [1.54, 1.807) is 23.0 Å². The lowest BCUT2D eigenvalue weighted by molar-refractivity contribution is 0.0919. The number of ether oxygens (including phenoxy) is 1. The number of nitrogens with one attached hydrogen (secondary N) is 1. The van der Waals surface area contributed by atoms with E-state index in [0.29, 0.717) is 12.3 Å². The van der Waals surface area contributed by atoms with E-state index < -0.39 is 0 Å². The van der Waals surface area contributed by atoms with E-state index in [4.69, 9.17) is 9.15 Å². The number of aromatic nitrogens is 2. The van der Waals surface area contributed by atoms with E-state index >= 15 is 0 Å². The molecule has 0 fully saturated rings. The van der Waals surface area contributed by atoms with Crippen molar-refractivity contribution < 1.29 is 13.9 Å². The SMILES string of the molecule is Cc1ccc(OCc2ccc(C(=O)NCc3cnn(C)c3)o2)cc1C. The Balaban J connectivity index is 1.54. The van der Waals surface area contributed by atoms with Gasteiger partial charge < -0.3 is 14.5 Å². The van der Waals surface area contributed by atoms with Crippen LogP contribution < -0.4 is 10.1 Å². The summed E-state index contributed by atoms with van der Waals surface area (Å²) in [6.45, 7) is 4.78. The third-order valence-electron chi connectivity index (χ3n) is 3.96. The zero-order chi connectivity index (χ0) is 17.8. The Morgan fingerprint density at radius 1 is 1.24 bits per heavy atom. The highest BCUT2D eigenvalue weighted by Crippen LogP contribution is 2.18. The number of carbonyl (C=O) groups is 1. The molecule has 2 aromatic heterocycles. The summed E-state index contributed by atoms with van der Waals surface area (Å²) in [6, 6.07) is 9.33. The van der Waals surface area contributed by atoms with Crippen LogP contribution in [0.25, 0.3) is 0 Å². The van der Waals surface area contributed by atoms with Gasteiger partial charge in [-0.3, -0.25) is 9.48 Å². The molecule has 25 heavy (non-hydrogen) atoms. The lowest BCUT2D eigenvalue weighted by atomic mass is 10.1. The molecule has 0 aliphatic heterocycles. The molecule has 1 amide bonds. The number of rotatable bonds is 6. The maximum Gasteiger partial charge on any atom is 0.287 e. The minimum Gasteiger partial charge on any atom is -0.486 e. The second-order valence-electron chi connectivity index (χ2n) is 6.01. The number of hydrogen-bond donors (Lipinski definition) is 1. The normalized spacial score (nSPS) is 10.7. The van der Waals surface area contributed by atoms with Gasteiger partial charge >= 0.3 is 0 Å². The van der Waals surface area contributed by atoms with Crippen molar-refractivity contribution in [2.75, 3.05) is 0 Å². The molecule has 130 valence electrons. The summed E-state index contributed by atoms with van der Waals surface area (Å²) >= 11 is 0. The highest BCUT2D eigenvalue weighted by atomic mass is 16.5. The molecule has 0 atom stereocenters. The van der Waals surface area contributed by atoms with E-state index in [1.807, 2.05) is 38.4 Å². The highest BCUT2D eigenvalue weighted by molar-refractivity contribution is 5.91. The van der Waals surface area contributed by atoms with Crippen LogP contribution in [0.2, 0.25) is 0 Å². The van der Waals surface area contributed by atoms with Gasteiger partial charge in [0.1, 0.15) is 18.1 Å². The molecule has 2 heterocycles. The van der Waals surface area contributed by atoms with Crippen LogP contribution in [-0.2, 0) is 20.2 Å². The van der Waals surface area contributed by atoms with Gasteiger partial charge in [-0.2, -0.15) is 5.10 Å². The molecule has 6 heteroatoms. The summed E-state index contributed by atoms with van der Waals surface area (Å²) in [5.74, 6) is 1.38. The predicted molar refractivity (Wildman–Crippen MR) is 93.3 cm³/mol. The third-order valence-corrected chi connectivity index (χ3v) is 3.96. The Labute approximate surface area is 146 Å². The molecule has 0 spiro atoms. The Kier molecular flexibility index (Phi) is 4.88. The van der Waals surface area contributed by atoms with E-state index in [2.05, 4.69) is 17.3 Å². The molecule has 0 radical (unpaired) electrons. The van der Waals surface area contributed by atoms with Crippen LogP contribution >= 0.6 is 0 Å². The Morgan fingerprint density at radius 2 is 2.08 bits per heavy atom. The Bertz CT molecular complexity index is 880. The number of carbonyl (C=O) groups excluding carboxylic acids is 1. The van der Waals surface area contributed by atoms with Gasteiger partial charge in [0.05, 0.1) is 6.20 Å². The number of hydrogen-bond acceptors (Lipinski definition) is 4. The lowest BCUT2D eigenvalue weighted by Gasteiger charge is -2.06. The van der Waals surface area contributed by atoms with Gasteiger partial charge in [-0.05, 0) is 49.2 Å². The molecule has 0 aliphatic carbocycles. The number of nitrogens with zero attached hydrogens (tertiary/aromatic N) is 2. The smallest absolute Gasteiger partial charge is 0.287 e. The van der Waals surface area contributed by atoms with Crippen LogP contribution in [-0.4, -0.2) is 15.7 Å². The second-order valence-corrected chi connectivity index (χ2v) is 6.01. The van der Waals surface area contributed by atoms with Crippen LogP contribution in [0, 0.1) is 13.8 Å². The van der Waals surface area contributed by atoms with E-state index in [-0.39, 0.29) is 18.3 Å². The maximum absolute atomic E-state index is 12.1. The molecule has 0 saturated heterocycles. The predicted octanol–water partition coefficient (Wildman–Crippen LogP) is 3.14. The molecular formula is C19H21N3O3. The fourth-order valence-corrected chi connectivity index (χ4v) is 2.37. The first-order chi connectivity index (χ1) is 12.0. The highest BCUT2D eigenvalue weighted by Gasteiger charge is 2.12. The average molecular weight is 339 g/mol. The van der Waals surface area contributed by atoms with Gasteiger partial charge in [0.2, 0.25) is 0 Å². The van der Waals surface area contributed by atoms with Crippen LogP contribution in [0.3, 0.4) is 0 Å². The fourth-order valence-electron chi connectivity index (χ4n) is 2.37. The number of furan rings is 1. The van der Waals surface area contributed by atoms with Crippen molar-refractivity contribution in [1.82, 2.24) is 15.1 Å². The first-order valence-corrected chi connectivity index (χ1v) is 8.06. The monoisotopic (exact) mass is 339 g/mol. The topological polar surface area (TPSA) is 69.3 Å². The van der Waals surface area contributed by atoms with E-state index in [1.165, 1.54) is 11.1 Å². The Hall–Kier alpha value is -3.02. The van der Waals surface area contributed by atoms with Gasteiger partial charge in [0.25, 0.3) is 5.91 Å². The molecule has 0 aliphatic rings. The number of aryl methyl sites for hydroxylation is 3. The number of amides is 1. The molecule has 0 unspecified atom stereocenters.